The topological polar surface area (TPSA) is 95.6 Å². The molecule has 3 N–H and O–H groups in total. The van der Waals surface area contributed by atoms with Gasteiger partial charge in [-0.25, -0.2) is 4.79 Å². The third kappa shape index (κ3) is 3.15. The molecule has 3 aromatic heterocycles. The molecule has 0 saturated carbocycles. The van der Waals surface area contributed by atoms with Crippen LogP contribution in [0, 0.1) is 6.92 Å². The molecule has 7 heteroatoms. The van der Waals surface area contributed by atoms with Crippen LogP contribution in [0.3, 0.4) is 0 Å². The number of nitrogens with one attached hydrogen (secondary N) is 3. The number of H-pyrrole nitrogens is 2. The van der Waals surface area contributed by atoms with Gasteiger partial charge >= 0.3 is 5.69 Å². The molecule has 1 amide bonds. The zero-order valence-electron chi connectivity index (χ0n) is 15.0. The molecule has 3 heterocycles. The average molecular weight is 361 g/mol. The minimum absolute atomic E-state index is 0.203. The molecule has 0 aliphatic carbocycles. The van der Waals surface area contributed by atoms with Crippen molar-refractivity contribution in [2.24, 2.45) is 0 Å². The number of amides is 1. The van der Waals surface area contributed by atoms with Gasteiger partial charge in [-0.05, 0) is 44.2 Å². The molecule has 7 nitrogen and oxygen atoms in total. The number of nitrogens with zero attached hydrogens (tertiary/aromatic N) is 2. The molecular formula is C20H19N5O2. The molecule has 1 aromatic carbocycles. The summed E-state index contributed by atoms with van der Waals surface area (Å²) in [4.78, 5) is 34.7. The van der Waals surface area contributed by atoms with Gasteiger partial charge in [0.2, 0.25) is 0 Å². The van der Waals surface area contributed by atoms with Crippen LogP contribution in [-0.4, -0.2) is 25.4 Å². The van der Waals surface area contributed by atoms with E-state index in [0.717, 1.165) is 22.3 Å². The van der Waals surface area contributed by atoms with Crippen LogP contribution >= 0.6 is 0 Å². The number of carbonyl (C=O) groups excluding carboxylic acids is 1. The second kappa shape index (κ2) is 6.60. The Bertz CT molecular complexity index is 1150. The van der Waals surface area contributed by atoms with E-state index in [1.165, 1.54) is 4.57 Å². The fourth-order valence-electron chi connectivity index (χ4n) is 3.15. The minimum Gasteiger partial charge on any atom is -0.357 e. The van der Waals surface area contributed by atoms with Gasteiger partial charge in [0.05, 0.1) is 11.7 Å². The van der Waals surface area contributed by atoms with Crippen molar-refractivity contribution in [3.05, 3.63) is 82.4 Å². The number of hydrogen-bond acceptors (Lipinski definition) is 3. The maximum atomic E-state index is 12.7. The molecule has 4 aromatic rings. The van der Waals surface area contributed by atoms with Crippen LogP contribution in [0.5, 0.6) is 0 Å². The van der Waals surface area contributed by atoms with E-state index >= 15 is 0 Å². The van der Waals surface area contributed by atoms with Crippen molar-refractivity contribution < 1.29 is 4.79 Å². The standard InChI is InChI=1S/C20H19N5O2/c1-12-10-22-20(27)25(12)16-5-3-4-14(8-16)19(26)23-13(2)18-9-15-11-21-7-6-17(15)24-18/h3-11,13,24H,1-2H3,(H,22,27)(H,23,26). The number of aromatic amines is 2. The van der Waals surface area contributed by atoms with Gasteiger partial charge in [-0.3, -0.25) is 14.3 Å². The molecule has 27 heavy (non-hydrogen) atoms. The van der Waals surface area contributed by atoms with E-state index in [9.17, 15) is 9.59 Å². The van der Waals surface area contributed by atoms with Crippen LogP contribution < -0.4 is 11.0 Å². The number of aryl methyl sites for hydroxylation is 1. The summed E-state index contributed by atoms with van der Waals surface area (Å²) in [6.07, 6.45) is 5.15. The van der Waals surface area contributed by atoms with E-state index in [-0.39, 0.29) is 17.6 Å². The first-order valence-electron chi connectivity index (χ1n) is 8.64. The molecule has 1 atom stereocenters. The van der Waals surface area contributed by atoms with Crippen LogP contribution in [-0.2, 0) is 0 Å². The fourth-order valence-corrected chi connectivity index (χ4v) is 3.15. The predicted octanol–water partition coefficient (Wildman–Crippen LogP) is 2.84. The number of pyridine rings is 1. The van der Waals surface area contributed by atoms with E-state index in [2.05, 4.69) is 20.3 Å². The summed E-state index contributed by atoms with van der Waals surface area (Å²) in [5, 5.41) is 3.99. The number of hydrogen-bond donors (Lipinski definition) is 3. The SMILES string of the molecule is Cc1c[nH]c(=O)n1-c1cccc(C(=O)NC(C)c2cc3cnccc3[nH]2)c1. The Balaban J connectivity index is 1.58. The zero-order valence-corrected chi connectivity index (χ0v) is 15.0. The summed E-state index contributed by atoms with van der Waals surface area (Å²) < 4.78 is 1.53. The van der Waals surface area contributed by atoms with E-state index in [4.69, 9.17) is 0 Å². The lowest BCUT2D eigenvalue weighted by Crippen LogP contribution is -2.27. The van der Waals surface area contributed by atoms with Crippen LogP contribution in [0.4, 0.5) is 0 Å². The minimum atomic E-state index is -0.231. The van der Waals surface area contributed by atoms with Crippen molar-refractivity contribution >= 4 is 16.8 Å². The van der Waals surface area contributed by atoms with Gasteiger partial charge in [-0.15, -0.1) is 0 Å². The normalized spacial score (nSPS) is 12.2. The van der Waals surface area contributed by atoms with Gasteiger partial charge in [0.25, 0.3) is 5.91 Å². The number of aromatic nitrogens is 4. The largest absolute Gasteiger partial charge is 0.357 e. The Hall–Kier alpha value is -3.61. The van der Waals surface area contributed by atoms with E-state index in [1.54, 1.807) is 42.9 Å². The summed E-state index contributed by atoms with van der Waals surface area (Å²) in [7, 11) is 0. The molecule has 136 valence electrons. The van der Waals surface area contributed by atoms with Crippen molar-refractivity contribution in [1.82, 2.24) is 24.8 Å². The summed E-state index contributed by atoms with van der Waals surface area (Å²) in [5.41, 5.74) is 3.56. The third-order valence-corrected chi connectivity index (χ3v) is 4.58. The van der Waals surface area contributed by atoms with Crippen molar-refractivity contribution in [1.29, 1.82) is 0 Å². The van der Waals surface area contributed by atoms with Gasteiger partial charge in [0.1, 0.15) is 0 Å². The summed E-state index contributed by atoms with van der Waals surface area (Å²) in [5.74, 6) is -0.206. The lowest BCUT2D eigenvalue weighted by Gasteiger charge is -2.13. The number of imidazole rings is 1. The van der Waals surface area contributed by atoms with Gasteiger partial charge < -0.3 is 15.3 Å². The van der Waals surface area contributed by atoms with E-state index in [1.807, 2.05) is 26.0 Å². The van der Waals surface area contributed by atoms with Crippen LogP contribution in [0.2, 0.25) is 0 Å². The first kappa shape index (κ1) is 16.8. The first-order chi connectivity index (χ1) is 13.0. The molecule has 0 radical (unpaired) electrons. The highest BCUT2D eigenvalue weighted by atomic mass is 16.2. The van der Waals surface area contributed by atoms with Crippen molar-refractivity contribution in [2.75, 3.05) is 0 Å². The molecule has 0 saturated heterocycles. The van der Waals surface area contributed by atoms with Gasteiger partial charge in [0, 0.05) is 46.4 Å². The predicted molar refractivity (Wildman–Crippen MR) is 103 cm³/mol. The lowest BCUT2D eigenvalue weighted by atomic mass is 10.1. The van der Waals surface area contributed by atoms with Crippen LogP contribution in [0.1, 0.15) is 34.7 Å². The monoisotopic (exact) mass is 361 g/mol. The Morgan fingerprint density at radius 3 is 2.85 bits per heavy atom. The molecule has 1 unspecified atom stereocenters. The molecule has 0 aliphatic heterocycles. The molecule has 0 aliphatic rings. The van der Waals surface area contributed by atoms with Crippen LogP contribution in [0.15, 0.2) is 59.8 Å². The number of rotatable bonds is 4. The van der Waals surface area contributed by atoms with Crippen LogP contribution in [0.25, 0.3) is 16.6 Å². The third-order valence-electron chi connectivity index (χ3n) is 4.58. The maximum absolute atomic E-state index is 12.7. The molecular weight excluding hydrogens is 342 g/mol. The highest BCUT2D eigenvalue weighted by Crippen LogP contribution is 2.19. The summed E-state index contributed by atoms with van der Waals surface area (Å²) >= 11 is 0. The maximum Gasteiger partial charge on any atom is 0.330 e. The smallest absolute Gasteiger partial charge is 0.330 e. The molecule has 0 fully saturated rings. The first-order valence-corrected chi connectivity index (χ1v) is 8.64. The average Bonchev–Trinajstić information content (AvgIpc) is 3.25. The number of carbonyl (C=O) groups is 1. The summed E-state index contributed by atoms with van der Waals surface area (Å²) in [6, 6.07) is 10.7. The fraction of sp³-hybridized carbons (Fsp3) is 0.150. The highest BCUT2D eigenvalue weighted by Gasteiger charge is 2.15. The molecule has 0 spiro atoms. The van der Waals surface area contributed by atoms with E-state index in [0.29, 0.717) is 11.3 Å². The van der Waals surface area contributed by atoms with Crippen molar-refractivity contribution in [3.8, 4) is 5.69 Å². The molecule has 4 rings (SSSR count). The number of fused-ring (bicyclic) bond motifs is 1. The second-order valence-electron chi connectivity index (χ2n) is 6.50. The Kier molecular flexibility index (Phi) is 4.12. The van der Waals surface area contributed by atoms with Crippen molar-refractivity contribution in [3.63, 3.8) is 0 Å². The van der Waals surface area contributed by atoms with E-state index < -0.39 is 0 Å². The zero-order chi connectivity index (χ0) is 19.0. The Morgan fingerprint density at radius 1 is 1.26 bits per heavy atom. The Labute approximate surface area is 155 Å². The van der Waals surface area contributed by atoms with Gasteiger partial charge in [-0.2, -0.15) is 0 Å². The molecule has 0 bridgehead atoms. The van der Waals surface area contributed by atoms with Gasteiger partial charge in [0.15, 0.2) is 0 Å². The van der Waals surface area contributed by atoms with Gasteiger partial charge in [-0.1, -0.05) is 6.07 Å². The summed E-state index contributed by atoms with van der Waals surface area (Å²) in [6.45, 7) is 3.75. The quantitative estimate of drug-likeness (QED) is 0.521. The Morgan fingerprint density at radius 2 is 2.11 bits per heavy atom. The lowest BCUT2D eigenvalue weighted by molar-refractivity contribution is 0.0939. The second-order valence-corrected chi connectivity index (χ2v) is 6.50. The number of benzene rings is 1. The van der Waals surface area contributed by atoms with Crippen molar-refractivity contribution in [2.45, 2.75) is 19.9 Å². The highest BCUT2D eigenvalue weighted by molar-refractivity contribution is 5.95.